The third kappa shape index (κ3) is 6.46. The minimum Gasteiger partial charge on any atom is -0.351 e. The highest BCUT2D eigenvalue weighted by molar-refractivity contribution is 7.20. The highest BCUT2D eigenvalue weighted by atomic mass is 32.1. The summed E-state index contributed by atoms with van der Waals surface area (Å²) >= 11 is 2.96. The second kappa shape index (κ2) is 10.8. The Kier molecular flexibility index (Phi) is 8.14. The first-order chi connectivity index (χ1) is 15.3. The standard InChI is InChI=1S/C22H23F3N4OS2/c1-3-7-15(4-2)28-16(22(23,24)25)8-5-6-11-26-19(30)17-18(14-9-10-14)32-21(29-17)20-27-12-13-31-20/h3-4,7,12-14H,1-2,5-6,8-11H2,(H,26,30)/b15-7+,28-16?. The smallest absolute Gasteiger partial charge is 0.351 e. The maximum Gasteiger partial charge on any atom is 0.429 e. The number of alkyl halides is 3. The van der Waals surface area contributed by atoms with E-state index in [-0.39, 0.29) is 31.0 Å². The summed E-state index contributed by atoms with van der Waals surface area (Å²) in [5.41, 5.74) is -0.362. The van der Waals surface area contributed by atoms with Crippen LogP contribution in [0.15, 0.2) is 53.7 Å². The summed E-state index contributed by atoms with van der Waals surface area (Å²) in [6.45, 7) is 7.19. The summed E-state index contributed by atoms with van der Waals surface area (Å²) in [5.74, 6) is 0.0636. The van der Waals surface area contributed by atoms with Gasteiger partial charge in [-0.25, -0.2) is 15.0 Å². The number of nitrogens with one attached hydrogen (secondary N) is 1. The van der Waals surface area contributed by atoms with Crippen molar-refractivity contribution in [1.29, 1.82) is 0 Å². The van der Waals surface area contributed by atoms with E-state index in [1.807, 2.05) is 5.38 Å². The van der Waals surface area contributed by atoms with E-state index in [0.717, 1.165) is 27.7 Å². The first kappa shape index (κ1) is 24.1. The van der Waals surface area contributed by atoms with E-state index in [1.54, 1.807) is 6.20 Å². The van der Waals surface area contributed by atoms with Gasteiger partial charge in [0.1, 0.15) is 11.4 Å². The highest BCUT2D eigenvalue weighted by Crippen LogP contribution is 2.46. The molecule has 0 saturated heterocycles. The van der Waals surface area contributed by atoms with E-state index in [0.29, 0.717) is 18.0 Å². The number of aromatic nitrogens is 2. The van der Waals surface area contributed by atoms with Gasteiger partial charge in [0, 0.05) is 23.0 Å². The fraction of sp³-hybridized carbons (Fsp3) is 0.364. The van der Waals surface area contributed by atoms with Crippen LogP contribution in [0.25, 0.3) is 10.0 Å². The first-order valence-corrected chi connectivity index (χ1v) is 11.8. The zero-order chi connectivity index (χ0) is 23.1. The van der Waals surface area contributed by atoms with Gasteiger partial charge in [-0.15, -0.1) is 22.7 Å². The maximum absolute atomic E-state index is 13.3. The number of carbonyl (C=O) groups excluding carboxylic acids is 1. The van der Waals surface area contributed by atoms with Crippen molar-refractivity contribution in [3.63, 3.8) is 0 Å². The second-order valence-corrected chi connectivity index (χ2v) is 9.07. The number of unbranched alkanes of at least 4 members (excludes halogenated alkanes) is 1. The molecular weight excluding hydrogens is 457 g/mol. The Bertz CT molecular complexity index is 1020. The van der Waals surface area contributed by atoms with Gasteiger partial charge >= 0.3 is 6.18 Å². The summed E-state index contributed by atoms with van der Waals surface area (Å²) in [4.78, 5) is 26.1. The molecule has 2 heterocycles. The number of rotatable bonds is 11. The molecule has 1 N–H and O–H groups in total. The molecule has 2 aromatic heterocycles. The topological polar surface area (TPSA) is 67.2 Å². The molecular formula is C22H23F3N4OS2. The van der Waals surface area contributed by atoms with Crippen molar-refractivity contribution in [2.24, 2.45) is 4.99 Å². The normalized spacial score (nSPS) is 15.0. The molecule has 0 spiro atoms. The SMILES string of the molecule is C=C/C=C(\C=C)N=C(CCCCNC(=O)c1nc(-c2nccs2)sc1C1CC1)C(F)(F)F. The van der Waals surface area contributed by atoms with Gasteiger partial charge in [-0.2, -0.15) is 13.2 Å². The third-order valence-corrected chi connectivity index (χ3v) is 6.78. The van der Waals surface area contributed by atoms with Gasteiger partial charge < -0.3 is 5.32 Å². The lowest BCUT2D eigenvalue weighted by atomic mass is 10.1. The predicted molar refractivity (Wildman–Crippen MR) is 123 cm³/mol. The molecule has 32 heavy (non-hydrogen) atoms. The molecule has 10 heteroatoms. The molecule has 0 radical (unpaired) electrons. The Morgan fingerprint density at radius 2 is 2.06 bits per heavy atom. The van der Waals surface area contributed by atoms with Crippen LogP contribution in [0.3, 0.4) is 0 Å². The summed E-state index contributed by atoms with van der Waals surface area (Å²) in [6, 6.07) is 0. The number of carbonyl (C=O) groups is 1. The zero-order valence-corrected chi connectivity index (χ0v) is 19.0. The van der Waals surface area contributed by atoms with Crippen molar-refractivity contribution in [3.8, 4) is 10.0 Å². The first-order valence-electron chi connectivity index (χ1n) is 10.1. The Morgan fingerprint density at radius 1 is 1.28 bits per heavy atom. The van der Waals surface area contributed by atoms with Gasteiger partial charge in [-0.3, -0.25) is 4.79 Å². The molecule has 3 rings (SSSR count). The molecule has 1 aliphatic rings. The monoisotopic (exact) mass is 480 g/mol. The minimum absolute atomic E-state index is 0.104. The molecule has 5 nitrogen and oxygen atoms in total. The fourth-order valence-electron chi connectivity index (χ4n) is 2.93. The van der Waals surface area contributed by atoms with E-state index in [1.165, 1.54) is 40.9 Å². The van der Waals surface area contributed by atoms with Crippen molar-refractivity contribution in [2.75, 3.05) is 6.54 Å². The average molecular weight is 481 g/mol. The quantitative estimate of drug-likeness (QED) is 0.233. The van der Waals surface area contributed by atoms with Crippen molar-refractivity contribution < 1.29 is 18.0 Å². The fourth-order valence-corrected chi connectivity index (χ4v) is 4.84. The molecule has 1 amide bonds. The number of amides is 1. The molecule has 170 valence electrons. The predicted octanol–water partition coefficient (Wildman–Crippen LogP) is 6.30. The number of allylic oxidation sites excluding steroid dienone is 3. The van der Waals surface area contributed by atoms with E-state index in [4.69, 9.17) is 0 Å². The van der Waals surface area contributed by atoms with Crippen LogP contribution in [0.4, 0.5) is 13.2 Å². The highest BCUT2D eigenvalue weighted by Gasteiger charge is 2.35. The Morgan fingerprint density at radius 3 is 2.66 bits per heavy atom. The van der Waals surface area contributed by atoms with Gasteiger partial charge in [0.15, 0.2) is 10.0 Å². The molecule has 1 saturated carbocycles. The Balaban J connectivity index is 1.56. The number of halogens is 3. The van der Waals surface area contributed by atoms with Crippen molar-refractivity contribution >= 4 is 34.3 Å². The van der Waals surface area contributed by atoms with Crippen LogP contribution in [0.5, 0.6) is 0 Å². The van der Waals surface area contributed by atoms with Gasteiger partial charge in [0.2, 0.25) is 0 Å². The number of nitrogens with zero attached hydrogens (tertiary/aromatic N) is 3. The van der Waals surface area contributed by atoms with Gasteiger partial charge in [0.25, 0.3) is 5.91 Å². The number of hydrogen-bond donors (Lipinski definition) is 1. The van der Waals surface area contributed by atoms with E-state index in [2.05, 4.69) is 33.4 Å². The third-order valence-electron chi connectivity index (χ3n) is 4.65. The average Bonchev–Trinajstić information content (AvgIpc) is 3.26. The van der Waals surface area contributed by atoms with E-state index < -0.39 is 11.9 Å². The van der Waals surface area contributed by atoms with Crippen molar-refractivity contribution in [1.82, 2.24) is 15.3 Å². The van der Waals surface area contributed by atoms with Gasteiger partial charge in [0.05, 0.1) is 5.70 Å². The lowest BCUT2D eigenvalue weighted by Crippen LogP contribution is -2.26. The number of aliphatic imine (C=N–C) groups is 1. The Labute approximate surface area is 192 Å². The molecule has 0 atom stereocenters. The lowest BCUT2D eigenvalue weighted by Gasteiger charge is -2.11. The Hall–Kier alpha value is -2.59. The summed E-state index contributed by atoms with van der Waals surface area (Å²) < 4.78 is 39.8. The van der Waals surface area contributed by atoms with Gasteiger partial charge in [-0.05, 0) is 50.2 Å². The zero-order valence-electron chi connectivity index (χ0n) is 17.3. The van der Waals surface area contributed by atoms with Crippen molar-refractivity contribution in [2.45, 2.75) is 44.2 Å². The number of thiazole rings is 2. The number of hydrogen-bond acceptors (Lipinski definition) is 6. The molecule has 0 aromatic carbocycles. The van der Waals surface area contributed by atoms with Crippen LogP contribution in [0.2, 0.25) is 0 Å². The van der Waals surface area contributed by atoms with Crippen LogP contribution in [-0.2, 0) is 0 Å². The largest absolute Gasteiger partial charge is 0.429 e. The molecule has 2 aromatic rings. The molecule has 0 unspecified atom stereocenters. The maximum atomic E-state index is 13.3. The lowest BCUT2D eigenvalue weighted by molar-refractivity contribution is -0.0606. The molecule has 1 fully saturated rings. The van der Waals surface area contributed by atoms with E-state index in [9.17, 15) is 18.0 Å². The van der Waals surface area contributed by atoms with E-state index >= 15 is 0 Å². The second-order valence-electron chi connectivity index (χ2n) is 7.14. The molecule has 1 aliphatic carbocycles. The summed E-state index contributed by atoms with van der Waals surface area (Å²) in [6.07, 6.45) is 3.58. The van der Waals surface area contributed by atoms with Crippen LogP contribution in [0.1, 0.15) is 53.4 Å². The summed E-state index contributed by atoms with van der Waals surface area (Å²) in [5, 5.41) is 6.15. The molecule has 0 aliphatic heterocycles. The van der Waals surface area contributed by atoms with Crippen molar-refractivity contribution in [3.05, 3.63) is 59.2 Å². The molecule has 0 bridgehead atoms. The van der Waals surface area contributed by atoms with Gasteiger partial charge in [-0.1, -0.05) is 19.2 Å². The van der Waals surface area contributed by atoms with Crippen LogP contribution < -0.4 is 5.32 Å². The summed E-state index contributed by atoms with van der Waals surface area (Å²) in [7, 11) is 0. The minimum atomic E-state index is -4.53. The van der Waals surface area contributed by atoms with Crippen LogP contribution >= 0.6 is 22.7 Å². The van der Waals surface area contributed by atoms with Crippen LogP contribution in [-0.4, -0.2) is 34.3 Å². The van der Waals surface area contributed by atoms with Crippen LogP contribution in [0, 0.1) is 0 Å².